The van der Waals surface area contributed by atoms with Crippen LogP contribution in [0.3, 0.4) is 0 Å². The van der Waals surface area contributed by atoms with Crippen molar-refractivity contribution in [3.05, 3.63) is 24.0 Å². The molecule has 1 aliphatic heterocycles. The monoisotopic (exact) mass is 369 g/mol. The molecule has 1 aliphatic carbocycles. The van der Waals surface area contributed by atoms with Crippen molar-refractivity contribution in [2.75, 3.05) is 18.0 Å². The van der Waals surface area contributed by atoms with Gasteiger partial charge in [0.1, 0.15) is 0 Å². The number of nitrogens with one attached hydrogen (secondary N) is 1. The molecular formula is C20H27N5O2. The first-order valence-electron chi connectivity index (χ1n) is 9.81. The third-order valence-electron chi connectivity index (χ3n) is 5.88. The quantitative estimate of drug-likeness (QED) is 0.859. The Bertz CT molecular complexity index is 836. The molecule has 2 aromatic rings. The summed E-state index contributed by atoms with van der Waals surface area (Å²) < 4.78 is 0. The predicted molar refractivity (Wildman–Crippen MR) is 104 cm³/mol. The summed E-state index contributed by atoms with van der Waals surface area (Å²) in [5, 5.41) is 14.0. The molecule has 0 spiro atoms. The SMILES string of the molecule is CC(C)(O)[C@H]1CC[C@H](NC(=O)c2cnc3nc(N4CCC4)ncc3c2)CC1. The highest BCUT2D eigenvalue weighted by Crippen LogP contribution is 2.32. The van der Waals surface area contributed by atoms with Crippen LogP contribution >= 0.6 is 0 Å². The Morgan fingerprint density at radius 1 is 1.19 bits per heavy atom. The van der Waals surface area contributed by atoms with Crippen LogP contribution < -0.4 is 10.2 Å². The van der Waals surface area contributed by atoms with Gasteiger partial charge in [0.25, 0.3) is 5.91 Å². The van der Waals surface area contributed by atoms with Gasteiger partial charge >= 0.3 is 0 Å². The van der Waals surface area contributed by atoms with Crippen LogP contribution in [0.5, 0.6) is 0 Å². The Morgan fingerprint density at radius 2 is 1.93 bits per heavy atom. The molecule has 27 heavy (non-hydrogen) atoms. The molecule has 2 aromatic heterocycles. The van der Waals surface area contributed by atoms with E-state index in [4.69, 9.17) is 0 Å². The van der Waals surface area contributed by atoms with Gasteiger partial charge in [0.2, 0.25) is 5.95 Å². The first-order valence-corrected chi connectivity index (χ1v) is 9.81. The van der Waals surface area contributed by atoms with Gasteiger partial charge in [0.05, 0.1) is 11.2 Å². The lowest BCUT2D eigenvalue weighted by Crippen LogP contribution is -2.41. The van der Waals surface area contributed by atoms with Crippen molar-refractivity contribution in [2.24, 2.45) is 5.92 Å². The molecule has 0 atom stereocenters. The lowest BCUT2D eigenvalue weighted by Gasteiger charge is -2.36. The molecule has 144 valence electrons. The van der Waals surface area contributed by atoms with Crippen LogP contribution in [-0.2, 0) is 0 Å². The minimum Gasteiger partial charge on any atom is -0.390 e. The molecule has 1 saturated heterocycles. The zero-order chi connectivity index (χ0) is 19.0. The van der Waals surface area contributed by atoms with Crippen LogP contribution in [0, 0.1) is 5.92 Å². The minimum absolute atomic E-state index is 0.108. The predicted octanol–water partition coefficient (Wildman–Crippen LogP) is 2.29. The molecule has 2 aliphatic rings. The number of carbonyl (C=O) groups is 1. The maximum absolute atomic E-state index is 12.6. The number of amides is 1. The fourth-order valence-electron chi connectivity index (χ4n) is 3.92. The van der Waals surface area contributed by atoms with Crippen molar-refractivity contribution < 1.29 is 9.90 Å². The number of rotatable bonds is 4. The zero-order valence-corrected chi connectivity index (χ0v) is 16.0. The summed E-state index contributed by atoms with van der Waals surface area (Å²) in [6.45, 7) is 5.71. The largest absolute Gasteiger partial charge is 0.390 e. The maximum Gasteiger partial charge on any atom is 0.253 e. The number of aliphatic hydroxyl groups is 1. The average Bonchev–Trinajstić information content (AvgIpc) is 2.59. The molecule has 7 heteroatoms. The molecule has 2 fully saturated rings. The van der Waals surface area contributed by atoms with E-state index in [0.29, 0.717) is 23.1 Å². The molecule has 4 rings (SSSR count). The molecule has 2 N–H and O–H groups in total. The summed E-state index contributed by atoms with van der Waals surface area (Å²) in [7, 11) is 0. The Morgan fingerprint density at radius 3 is 2.56 bits per heavy atom. The van der Waals surface area contributed by atoms with Crippen molar-refractivity contribution in [2.45, 2.75) is 57.6 Å². The molecule has 3 heterocycles. The molecule has 0 unspecified atom stereocenters. The van der Waals surface area contributed by atoms with E-state index in [0.717, 1.165) is 44.2 Å². The van der Waals surface area contributed by atoms with E-state index in [-0.39, 0.29) is 11.9 Å². The van der Waals surface area contributed by atoms with Crippen molar-refractivity contribution in [1.29, 1.82) is 0 Å². The van der Waals surface area contributed by atoms with Crippen LogP contribution in [0.15, 0.2) is 18.5 Å². The molecule has 0 aromatic carbocycles. The van der Waals surface area contributed by atoms with Crippen molar-refractivity contribution in [3.8, 4) is 0 Å². The van der Waals surface area contributed by atoms with Crippen LogP contribution in [-0.4, -0.2) is 50.7 Å². The van der Waals surface area contributed by atoms with E-state index in [1.807, 2.05) is 13.8 Å². The van der Waals surface area contributed by atoms with Crippen molar-refractivity contribution in [1.82, 2.24) is 20.3 Å². The van der Waals surface area contributed by atoms with Gasteiger partial charge in [-0.25, -0.2) is 9.97 Å². The Kier molecular flexibility index (Phi) is 4.72. The second-order valence-corrected chi connectivity index (χ2v) is 8.32. The lowest BCUT2D eigenvalue weighted by molar-refractivity contribution is -0.00257. The molecule has 1 amide bonds. The van der Waals surface area contributed by atoms with E-state index in [1.165, 1.54) is 6.42 Å². The standard InChI is InChI=1S/C20H27N5O2/c1-20(2,27)15-4-6-16(7-5-15)23-18(26)14-10-13-11-22-19(25-8-3-9-25)24-17(13)21-12-14/h10-12,15-16,27H,3-9H2,1-2H3,(H,23,26)/t15-,16-. The third kappa shape index (κ3) is 3.88. The third-order valence-corrected chi connectivity index (χ3v) is 5.88. The van der Waals surface area contributed by atoms with Gasteiger partial charge < -0.3 is 15.3 Å². The Hall–Kier alpha value is -2.28. The fourth-order valence-corrected chi connectivity index (χ4v) is 3.92. The summed E-state index contributed by atoms with van der Waals surface area (Å²) >= 11 is 0. The van der Waals surface area contributed by atoms with Gasteiger partial charge in [-0.05, 0) is 57.9 Å². The highest BCUT2D eigenvalue weighted by atomic mass is 16.3. The van der Waals surface area contributed by atoms with Gasteiger partial charge in [0.15, 0.2) is 5.65 Å². The lowest BCUT2D eigenvalue weighted by atomic mass is 9.77. The number of pyridine rings is 1. The Labute approximate surface area is 159 Å². The van der Waals surface area contributed by atoms with E-state index in [1.54, 1.807) is 18.5 Å². The fraction of sp³-hybridized carbons (Fsp3) is 0.600. The number of anilines is 1. The van der Waals surface area contributed by atoms with Gasteiger partial charge in [-0.1, -0.05) is 0 Å². The van der Waals surface area contributed by atoms with Gasteiger partial charge in [-0.2, -0.15) is 4.98 Å². The Balaban J connectivity index is 1.41. The zero-order valence-electron chi connectivity index (χ0n) is 16.0. The highest BCUT2D eigenvalue weighted by Gasteiger charge is 2.31. The second kappa shape index (κ2) is 7.03. The first kappa shape index (κ1) is 18.1. The van der Waals surface area contributed by atoms with Gasteiger partial charge in [0, 0.05) is 36.9 Å². The number of hydrogen-bond acceptors (Lipinski definition) is 6. The maximum atomic E-state index is 12.6. The van der Waals surface area contributed by atoms with Crippen LogP contribution in [0.2, 0.25) is 0 Å². The summed E-state index contributed by atoms with van der Waals surface area (Å²) in [6.07, 6.45) is 8.15. The van der Waals surface area contributed by atoms with Crippen LogP contribution in [0.1, 0.15) is 56.3 Å². The van der Waals surface area contributed by atoms with E-state index >= 15 is 0 Å². The molecule has 0 radical (unpaired) electrons. The van der Waals surface area contributed by atoms with Gasteiger partial charge in [-0.3, -0.25) is 4.79 Å². The van der Waals surface area contributed by atoms with Crippen LogP contribution in [0.25, 0.3) is 11.0 Å². The molecule has 7 nitrogen and oxygen atoms in total. The number of nitrogens with zero attached hydrogens (tertiary/aromatic N) is 4. The van der Waals surface area contributed by atoms with Crippen LogP contribution in [0.4, 0.5) is 5.95 Å². The van der Waals surface area contributed by atoms with Crippen molar-refractivity contribution in [3.63, 3.8) is 0 Å². The molecule has 1 saturated carbocycles. The smallest absolute Gasteiger partial charge is 0.253 e. The first-order chi connectivity index (χ1) is 12.9. The number of aromatic nitrogens is 3. The number of carbonyl (C=O) groups excluding carboxylic acids is 1. The number of fused-ring (bicyclic) bond motifs is 1. The summed E-state index contributed by atoms with van der Waals surface area (Å²) in [5.41, 5.74) is 0.508. The average molecular weight is 369 g/mol. The normalized spacial score (nSPS) is 23.1. The van der Waals surface area contributed by atoms with E-state index in [9.17, 15) is 9.90 Å². The minimum atomic E-state index is -0.647. The van der Waals surface area contributed by atoms with Crippen molar-refractivity contribution >= 4 is 22.9 Å². The summed E-state index contributed by atoms with van der Waals surface area (Å²) in [6, 6.07) is 1.96. The molecule has 0 bridgehead atoms. The molecular weight excluding hydrogens is 342 g/mol. The topological polar surface area (TPSA) is 91.2 Å². The summed E-state index contributed by atoms with van der Waals surface area (Å²) in [4.78, 5) is 28.0. The van der Waals surface area contributed by atoms with E-state index in [2.05, 4.69) is 25.2 Å². The number of hydrogen-bond donors (Lipinski definition) is 2. The van der Waals surface area contributed by atoms with E-state index < -0.39 is 5.60 Å². The second-order valence-electron chi connectivity index (χ2n) is 8.32. The van der Waals surface area contributed by atoms with Gasteiger partial charge in [-0.15, -0.1) is 0 Å². The summed E-state index contributed by atoms with van der Waals surface area (Å²) in [5.74, 6) is 0.899. The highest BCUT2D eigenvalue weighted by molar-refractivity contribution is 5.96.